The molecule has 1 aromatic carbocycles. The monoisotopic (exact) mass is 583 g/mol. The minimum atomic E-state index is 0.379. The fraction of sp³-hybridized carbons (Fsp3) is 0.231. The molecule has 5 nitrogen and oxygen atoms in total. The van der Waals surface area contributed by atoms with E-state index in [4.69, 9.17) is 16.6 Å². The Labute approximate surface area is 225 Å². The molecule has 9 heteroatoms. The molecule has 1 fully saturated rings. The van der Waals surface area contributed by atoms with Crippen LogP contribution in [0.15, 0.2) is 70.6 Å². The number of benzene rings is 1. The van der Waals surface area contributed by atoms with Gasteiger partial charge in [-0.3, -0.25) is 4.90 Å². The Hall–Kier alpha value is -2.23. The smallest absolute Gasteiger partial charge is 0.172 e. The first kappa shape index (κ1) is 23.2. The molecular formula is C26H23BrClN5S2. The number of fused-ring (bicyclic) bond motifs is 1. The summed E-state index contributed by atoms with van der Waals surface area (Å²) < 4.78 is 2.73. The van der Waals surface area contributed by atoms with E-state index in [1.807, 2.05) is 40.1 Å². The maximum Gasteiger partial charge on any atom is 0.172 e. The summed E-state index contributed by atoms with van der Waals surface area (Å²) in [7, 11) is 0. The number of hydrogen-bond donors (Lipinski definition) is 1. The van der Waals surface area contributed by atoms with Crippen molar-refractivity contribution in [2.24, 2.45) is 0 Å². The van der Waals surface area contributed by atoms with E-state index in [1.54, 1.807) is 17.5 Å². The molecule has 0 bridgehead atoms. The summed E-state index contributed by atoms with van der Waals surface area (Å²) in [6.45, 7) is 3.15. The Kier molecular flexibility index (Phi) is 6.64. The van der Waals surface area contributed by atoms with Crippen LogP contribution in [-0.2, 0) is 6.54 Å². The van der Waals surface area contributed by atoms with Gasteiger partial charge >= 0.3 is 0 Å². The molecule has 5 aromatic rings. The Morgan fingerprint density at radius 3 is 2.71 bits per heavy atom. The van der Waals surface area contributed by atoms with Gasteiger partial charge in [-0.15, -0.1) is 22.7 Å². The highest BCUT2D eigenvalue weighted by Crippen LogP contribution is 2.33. The molecule has 1 N–H and O–H groups in total. The Morgan fingerprint density at radius 1 is 1.06 bits per heavy atom. The van der Waals surface area contributed by atoms with Gasteiger partial charge in [0.2, 0.25) is 0 Å². The minimum absolute atomic E-state index is 0.379. The first-order chi connectivity index (χ1) is 17.1. The average Bonchev–Trinajstić information content (AvgIpc) is 3.63. The molecule has 1 aliphatic rings. The lowest BCUT2D eigenvalue weighted by atomic mass is 10.0. The lowest BCUT2D eigenvalue weighted by molar-refractivity contribution is 0.213. The molecule has 0 aliphatic carbocycles. The fourth-order valence-corrected chi connectivity index (χ4v) is 6.99. The first-order valence-corrected chi connectivity index (χ1v) is 14.4. The third-order valence-electron chi connectivity index (χ3n) is 6.32. The molecule has 1 saturated heterocycles. The molecule has 6 rings (SSSR count). The third-order valence-corrected chi connectivity index (χ3v) is 9.35. The minimum Gasteiger partial charge on any atom is -0.367 e. The highest BCUT2D eigenvalue weighted by molar-refractivity contribution is 9.10. The lowest BCUT2D eigenvalue weighted by Crippen LogP contribution is -2.38. The van der Waals surface area contributed by atoms with E-state index in [1.165, 1.54) is 14.6 Å². The van der Waals surface area contributed by atoms with Gasteiger partial charge in [0, 0.05) is 57.0 Å². The van der Waals surface area contributed by atoms with Crippen LogP contribution in [0, 0.1) is 0 Å². The molecular weight excluding hydrogens is 562 g/mol. The van der Waals surface area contributed by atoms with E-state index in [2.05, 4.69) is 67.0 Å². The van der Waals surface area contributed by atoms with Crippen LogP contribution in [0.1, 0.15) is 17.7 Å². The van der Waals surface area contributed by atoms with Crippen molar-refractivity contribution in [2.45, 2.75) is 25.4 Å². The molecule has 0 saturated carbocycles. The zero-order chi connectivity index (χ0) is 23.8. The van der Waals surface area contributed by atoms with Gasteiger partial charge < -0.3 is 5.32 Å². The van der Waals surface area contributed by atoms with Crippen LogP contribution in [0.25, 0.3) is 26.7 Å². The van der Waals surface area contributed by atoms with Crippen LogP contribution in [0.2, 0.25) is 5.02 Å². The van der Waals surface area contributed by atoms with E-state index in [0.29, 0.717) is 11.1 Å². The summed E-state index contributed by atoms with van der Waals surface area (Å²) in [5, 5.41) is 11.1. The maximum absolute atomic E-state index is 6.48. The van der Waals surface area contributed by atoms with Crippen molar-refractivity contribution in [3.63, 3.8) is 0 Å². The number of rotatable bonds is 6. The van der Waals surface area contributed by atoms with Crippen molar-refractivity contribution < 1.29 is 0 Å². The van der Waals surface area contributed by atoms with Crippen molar-refractivity contribution in [2.75, 3.05) is 18.4 Å². The van der Waals surface area contributed by atoms with E-state index < -0.39 is 0 Å². The predicted octanol–water partition coefficient (Wildman–Crippen LogP) is 7.68. The number of halogens is 2. The number of thiophene rings is 2. The Balaban J connectivity index is 1.15. The average molecular weight is 585 g/mol. The van der Waals surface area contributed by atoms with Crippen LogP contribution >= 0.6 is 50.2 Å². The quantitative estimate of drug-likeness (QED) is 0.222. The second kappa shape index (κ2) is 10.0. The zero-order valence-electron chi connectivity index (χ0n) is 18.8. The molecule has 0 atom stereocenters. The molecule has 1 aliphatic heterocycles. The Morgan fingerprint density at radius 2 is 1.91 bits per heavy atom. The summed E-state index contributed by atoms with van der Waals surface area (Å²) >= 11 is 13.8. The van der Waals surface area contributed by atoms with E-state index >= 15 is 0 Å². The molecule has 178 valence electrons. The molecule has 0 unspecified atom stereocenters. The van der Waals surface area contributed by atoms with Crippen molar-refractivity contribution >= 4 is 61.7 Å². The molecule has 35 heavy (non-hydrogen) atoms. The standard InChI is InChI=1S/C26H23BrClN5S2/c27-20-15-29-33-25(14-22(31-26(20)33)19-4-1-2-5-21(19)28)30-17-9-11-32(12-10-17)16-18-7-8-24(35-18)23-6-3-13-34-23/h1-8,13-15,17,30H,9-12,16H2. The van der Waals surface area contributed by atoms with Crippen LogP contribution in [-0.4, -0.2) is 38.6 Å². The van der Waals surface area contributed by atoms with Crippen molar-refractivity contribution in [1.82, 2.24) is 19.5 Å². The molecule has 0 radical (unpaired) electrons. The number of nitrogens with zero attached hydrogens (tertiary/aromatic N) is 4. The van der Waals surface area contributed by atoms with E-state index in [9.17, 15) is 0 Å². The van der Waals surface area contributed by atoms with Crippen molar-refractivity contribution in [3.05, 3.63) is 80.5 Å². The summed E-state index contributed by atoms with van der Waals surface area (Å²) in [5.74, 6) is 0.938. The lowest BCUT2D eigenvalue weighted by Gasteiger charge is -2.32. The van der Waals surface area contributed by atoms with Crippen LogP contribution < -0.4 is 5.32 Å². The topological polar surface area (TPSA) is 45.5 Å². The van der Waals surface area contributed by atoms with Gasteiger partial charge in [0.1, 0.15) is 5.82 Å². The molecule has 4 aromatic heterocycles. The Bertz CT molecular complexity index is 1450. The van der Waals surface area contributed by atoms with Gasteiger partial charge in [-0.05, 0) is 58.4 Å². The second-order valence-corrected chi connectivity index (χ2v) is 12.0. The van der Waals surface area contributed by atoms with E-state index in [0.717, 1.165) is 59.7 Å². The molecule has 5 heterocycles. The van der Waals surface area contributed by atoms with Gasteiger partial charge in [0.15, 0.2) is 5.65 Å². The number of nitrogens with one attached hydrogen (secondary N) is 1. The summed E-state index contributed by atoms with van der Waals surface area (Å²) in [5.41, 5.74) is 2.53. The predicted molar refractivity (Wildman–Crippen MR) is 151 cm³/mol. The van der Waals surface area contributed by atoms with Gasteiger partial charge in [-0.1, -0.05) is 35.9 Å². The van der Waals surface area contributed by atoms with Gasteiger partial charge in [-0.2, -0.15) is 9.61 Å². The fourth-order valence-electron chi connectivity index (χ4n) is 4.52. The SMILES string of the molecule is Clc1ccccc1-c1cc(NC2CCN(Cc3ccc(-c4cccs4)s3)CC2)n2ncc(Br)c2n1. The van der Waals surface area contributed by atoms with Gasteiger partial charge in [0.05, 0.1) is 16.4 Å². The molecule has 0 amide bonds. The number of piperidine rings is 1. The van der Waals surface area contributed by atoms with Crippen LogP contribution in [0.4, 0.5) is 5.82 Å². The number of hydrogen-bond acceptors (Lipinski definition) is 6. The molecule has 0 spiro atoms. The highest BCUT2D eigenvalue weighted by atomic mass is 79.9. The number of likely N-dealkylation sites (tertiary alicyclic amines) is 1. The van der Waals surface area contributed by atoms with Crippen molar-refractivity contribution in [1.29, 1.82) is 0 Å². The summed E-state index contributed by atoms with van der Waals surface area (Å²) in [6.07, 6.45) is 3.95. The first-order valence-electron chi connectivity index (χ1n) is 11.5. The second-order valence-electron chi connectivity index (χ2n) is 8.67. The van der Waals surface area contributed by atoms with Gasteiger partial charge in [0.25, 0.3) is 0 Å². The summed E-state index contributed by atoms with van der Waals surface area (Å²) in [4.78, 5) is 11.5. The third kappa shape index (κ3) is 4.90. The van der Waals surface area contributed by atoms with Crippen molar-refractivity contribution in [3.8, 4) is 21.0 Å². The van der Waals surface area contributed by atoms with Crippen LogP contribution in [0.5, 0.6) is 0 Å². The summed E-state index contributed by atoms with van der Waals surface area (Å²) in [6, 6.07) is 19.1. The largest absolute Gasteiger partial charge is 0.367 e. The van der Waals surface area contributed by atoms with E-state index in [-0.39, 0.29) is 0 Å². The number of aromatic nitrogens is 3. The zero-order valence-corrected chi connectivity index (χ0v) is 22.8. The normalized spacial score (nSPS) is 15.1. The van der Waals surface area contributed by atoms with Crippen LogP contribution in [0.3, 0.4) is 0 Å². The number of anilines is 1. The highest BCUT2D eigenvalue weighted by Gasteiger charge is 2.22. The van der Waals surface area contributed by atoms with Gasteiger partial charge in [-0.25, -0.2) is 4.98 Å². The maximum atomic E-state index is 6.48.